The summed E-state index contributed by atoms with van der Waals surface area (Å²) in [5.74, 6) is -0.183. The van der Waals surface area contributed by atoms with Crippen LogP contribution in [0.1, 0.15) is 54.8 Å². The Morgan fingerprint density at radius 2 is 1.40 bits per heavy atom. The van der Waals surface area contributed by atoms with Gasteiger partial charge in [-0.3, -0.25) is 9.59 Å². The zero-order valence-electron chi connectivity index (χ0n) is 15.4. The van der Waals surface area contributed by atoms with E-state index in [1.807, 2.05) is 25.1 Å². The van der Waals surface area contributed by atoms with Gasteiger partial charge in [-0.05, 0) is 36.1 Å². The van der Waals surface area contributed by atoms with Crippen LogP contribution < -0.4 is 4.74 Å². The van der Waals surface area contributed by atoms with E-state index < -0.39 is 5.92 Å². The van der Waals surface area contributed by atoms with E-state index in [1.54, 1.807) is 36.4 Å². The fraction of sp³-hybridized carbons (Fsp3) is 0.364. The van der Waals surface area contributed by atoms with Gasteiger partial charge in [0.1, 0.15) is 5.75 Å². The molecule has 0 spiro atoms. The fourth-order valence-corrected chi connectivity index (χ4v) is 2.51. The minimum absolute atomic E-state index is 0.0733. The number of Topliss-reactive ketones (excluding diaryl/α,β-unsaturated/α-hetero) is 2. The van der Waals surface area contributed by atoms with Crippen LogP contribution in [0.4, 0.5) is 0 Å². The molecule has 0 aliphatic carbocycles. The van der Waals surface area contributed by atoms with E-state index in [4.69, 9.17) is 4.74 Å². The molecular formula is C22H26O3. The van der Waals surface area contributed by atoms with Crippen molar-refractivity contribution < 1.29 is 14.3 Å². The smallest absolute Gasteiger partial charge is 0.173 e. The molecule has 132 valence electrons. The summed E-state index contributed by atoms with van der Waals surface area (Å²) >= 11 is 0. The second-order valence-corrected chi connectivity index (χ2v) is 7.43. The van der Waals surface area contributed by atoms with Crippen LogP contribution in [-0.2, 0) is 0 Å². The number of rotatable bonds is 7. The van der Waals surface area contributed by atoms with Crippen LogP contribution in [0.3, 0.4) is 0 Å². The zero-order valence-corrected chi connectivity index (χ0v) is 15.4. The van der Waals surface area contributed by atoms with Gasteiger partial charge in [-0.25, -0.2) is 0 Å². The number of carbonyl (C=O) groups is 2. The van der Waals surface area contributed by atoms with Gasteiger partial charge >= 0.3 is 0 Å². The highest BCUT2D eigenvalue weighted by atomic mass is 16.5. The third-order valence-electron chi connectivity index (χ3n) is 3.91. The maximum atomic E-state index is 12.8. The van der Waals surface area contributed by atoms with Crippen LogP contribution >= 0.6 is 0 Å². The molecule has 3 heteroatoms. The summed E-state index contributed by atoms with van der Waals surface area (Å²) in [7, 11) is 0. The molecule has 0 radical (unpaired) electrons. The summed E-state index contributed by atoms with van der Waals surface area (Å²) in [6.45, 7) is 8.78. The van der Waals surface area contributed by atoms with Gasteiger partial charge in [-0.2, -0.15) is 0 Å². The molecule has 25 heavy (non-hydrogen) atoms. The molecule has 0 saturated carbocycles. The van der Waals surface area contributed by atoms with E-state index >= 15 is 0 Å². The largest absolute Gasteiger partial charge is 0.493 e. The molecule has 0 N–H and O–H groups in total. The van der Waals surface area contributed by atoms with E-state index in [9.17, 15) is 9.59 Å². The van der Waals surface area contributed by atoms with Crippen LogP contribution in [0.5, 0.6) is 5.75 Å². The van der Waals surface area contributed by atoms with Crippen molar-refractivity contribution in [2.45, 2.75) is 34.1 Å². The number of ketones is 2. The third kappa shape index (κ3) is 5.28. The molecule has 1 atom stereocenters. The van der Waals surface area contributed by atoms with Gasteiger partial charge in [0.15, 0.2) is 11.6 Å². The molecule has 2 aromatic carbocycles. The number of hydrogen-bond donors (Lipinski definition) is 0. The Bertz CT molecular complexity index is 709. The van der Waals surface area contributed by atoms with E-state index in [1.165, 1.54) is 0 Å². The van der Waals surface area contributed by atoms with Crippen LogP contribution in [0, 0.1) is 11.3 Å². The van der Waals surface area contributed by atoms with Crippen molar-refractivity contribution in [2.24, 2.45) is 11.3 Å². The van der Waals surface area contributed by atoms with Gasteiger partial charge in [-0.1, -0.05) is 58.0 Å². The number of hydrogen-bond acceptors (Lipinski definition) is 3. The summed E-state index contributed by atoms with van der Waals surface area (Å²) in [6, 6.07) is 16.0. The first kappa shape index (κ1) is 18.9. The molecule has 3 nitrogen and oxygen atoms in total. The first-order valence-electron chi connectivity index (χ1n) is 8.68. The van der Waals surface area contributed by atoms with Crippen molar-refractivity contribution in [3.05, 3.63) is 65.7 Å². The Hall–Kier alpha value is -2.42. The van der Waals surface area contributed by atoms with Crippen molar-refractivity contribution in [1.29, 1.82) is 0 Å². The first-order chi connectivity index (χ1) is 11.8. The normalized spacial score (nSPS) is 12.5. The second-order valence-electron chi connectivity index (χ2n) is 7.43. The average molecular weight is 338 g/mol. The lowest BCUT2D eigenvalue weighted by molar-refractivity contribution is 0.0803. The zero-order chi connectivity index (χ0) is 18.4. The van der Waals surface area contributed by atoms with Crippen molar-refractivity contribution >= 4 is 11.6 Å². The van der Waals surface area contributed by atoms with Crippen LogP contribution in [0.15, 0.2) is 54.6 Å². The maximum absolute atomic E-state index is 12.8. The van der Waals surface area contributed by atoms with Crippen molar-refractivity contribution in [3.63, 3.8) is 0 Å². The molecule has 1 unspecified atom stereocenters. The summed E-state index contributed by atoms with van der Waals surface area (Å²) in [5, 5.41) is 0. The topological polar surface area (TPSA) is 43.4 Å². The van der Waals surface area contributed by atoms with Crippen LogP contribution in [0.25, 0.3) is 0 Å². The van der Waals surface area contributed by atoms with Gasteiger partial charge in [-0.15, -0.1) is 0 Å². The third-order valence-corrected chi connectivity index (χ3v) is 3.91. The molecule has 0 aliphatic rings. The molecule has 0 aromatic heterocycles. The van der Waals surface area contributed by atoms with Gasteiger partial charge in [0, 0.05) is 11.1 Å². The lowest BCUT2D eigenvalue weighted by Gasteiger charge is -2.19. The molecule has 0 heterocycles. The average Bonchev–Trinajstić information content (AvgIpc) is 2.61. The van der Waals surface area contributed by atoms with Gasteiger partial charge in [0.05, 0.1) is 12.5 Å². The quantitative estimate of drug-likeness (QED) is 0.514. The Balaban J connectivity index is 2.11. The fourth-order valence-electron chi connectivity index (χ4n) is 2.51. The van der Waals surface area contributed by atoms with E-state index in [0.717, 1.165) is 5.75 Å². The molecule has 0 saturated heterocycles. The first-order valence-corrected chi connectivity index (χ1v) is 8.68. The standard InChI is InChI=1S/C22H26O3/c1-5-19(20(23)16-9-7-6-8-10-16)21(24)17-11-13-18(14-12-17)25-15-22(2,3)4/h6-14,19H,5,15H2,1-4H3. The highest BCUT2D eigenvalue weighted by Crippen LogP contribution is 2.22. The van der Waals surface area contributed by atoms with Crippen molar-refractivity contribution in [2.75, 3.05) is 6.61 Å². The minimum atomic E-state index is -0.649. The lowest BCUT2D eigenvalue weighted by atomic mass is 9.88. The Labute approximate surface area is 150 Å². The molecule has 0 amide bonds. The number of benzene rings is 2. The van der Waals surface area contributed by atoms with Crippen molar-refractivity contribution in [3.8, 4) is 5.75 Å². The minimum Gasteiger partial charge on any atom is -0.493 e. The molecule has 2 aromatic rings. The van der Waals surface area contributed by atoms with Crippen LogP contribution in [-0.4, -0.2) is 18.2 Å². The Morgan fingerprint density at radius 3 is 1.88 bits per heavy atom. The summed E-state index contributed by atoms with van der Waals surface area (Å²) in [5.41, 5.74) is 1.19. The highest BCUT2D eigenvalue weighted by Gasteiger charge is 2.26. The Kier molecular flexibility index (Phi) is 6.13. The van der Waals surface area contributed by atoms with E-state index in [2.05, 4.69) is 20.8 Å². The Morgan fingerprint density at radius 1 is 0.880 bits per heavy atom. The van der Waals surface area contributed by atoms with E-state index in [0.29, 0.717) is 24.2 Å². The summed E-state index contributed by atoms with van der Waals surface area (Å²) in [4.78, 5) is 25.4. The maximum Gasteiger partial charge on any atom is 0.173 e. The van der Waals surface area contributed by atoms with Crippen LogP contribution in [0.2, 0.25) is 0 Å². The van der Waals surface area contributed by atoms with Gasteiger partial charge in [0.25, 0.3) is 0 Å². The number of carbonyl (C=O) groups excluding carboxylic acids is 2. The summed E-state index contributed by atoms with van der Waals surface area (Å²) < 4.78 is 5.73. The predicted octanol–water partition coefficient (Wildman–Crippen LogP) is 5.20. The highest BCUT2D eigenvalue weighted by molar-refractivity contribution is 6.16. The molecule has 0 fully saturated rings. The van der Waals surface area contributed by atoms with Crippen molar-refractivity contribution in [1.82, 2.24) is 0 Å². The lowest BCUT2D eigenvalue weighted by Crippen LogP contribution is -2.24. The van der Waals surface area contributed by atoms with Gasteiger partial charge < -0.3 is 4.74 Å². The molecular weight excluding hydrogens is 312 g/mol. The molecule has 2 rings (SSSR count). The monoisotopic (exact) mass is 338 g/mol. The predicted molar refractivity (Wildman–Crippen MR) is 100 cm³/mol. The molecule has 0 aliphatic heterocycles. The molecule has 0 bridgehead atoms. The summed E-state index contributed by atoms with van der Waals surface area (Å²) in [6.07, 6.45) is 0.481. The SMILES string of the molecule is CCC(C(=O)c1ccccc1)C(=O)c1ccc(OCC(C)(C)C)cc1. The number of ether oxygens (including phenoxy) is 1. The van der Waals surface area contributed by atoms with E-state index in [-0.39, 0.29) is 17.0 Å². The van der Waals surface area contributed by atoms with Gasteiger partial charge in [0.2, 0.25) is 0 Å². The second kappa shape index (κ2) is 8.11.